The SMILES string of the molecule is CC(Cl)c1nnc(C2C3CC4CC(C3)CC2C4)s1. The van der Waals surface area contributed by atoms with Gasteiger partial charge < -0.3 is 0 Å². The van der Waals surface area contributed by atoms with Crippen LogP contribution < -0.4 is 0 Å². The van der Waals surface area contributed by atoms with Crippen molar-refractivity contribution in [2.24, 2.45) is 23.7 Å². The fourth-order valence-electron chi connectivity index (χ4n) is 4.87. The molecule has 0 aliphatic heterocycles. The van der Waals surface area contributed by atoms with Crippen LogP contribution in [-0.2, 0) is 0 Å². The summed E-state index contributed by atoms with van der Waals surface area (Å²) in [5, 5.41) is 11.0. The second-order valence-corrected chi connectivity index (χ2v) is 8.25. The molecule has 4 bridgehead atoms. The molecular formula is C14H19ClN2S. The Kier molecular flexibility index (Phi) is 2.70. The largest absolute Gasteiger partial charge is 0.143 e. The molecule has 0 radical (unpaired) electrons. The van der Waals surface area contributed by atoms with Crippen LogP contribution in [0.2, 0.25) is 0 Å². The highest BCUT2D eigenvalue weighted by Gasteiger charge is 2.49. The molecule has 1 atom stereocenters. The van der Waals surface area contributed by atoms with Gasteiger partial charge in [0.05, 0.1) is 5.38 Å². The van der Waals surface area contributed by atoms with Gasteiger partial charge in [0.25, 0.3) is 0 Å². The van der Waals surface area contributed by atoms with Crippen LogP contribution in [0.5, 0.6) is 0 Å². The van der Waals surface area contributed by atoms with Crippen molar-refractivity contribution >= 4 is 22.9 Å². The molecule has 4 heteroatoms. The Hall–Kier alpha value is -0.150. The van der Waals surface area contributed by atoms with Crippen molar-refractivity contribution in [1.82, 2.24) is 10.2 Å². The quantitative estimate of drug-likeness (QED) is 0.753. The summed E-state index contributed by atoms with van der Waals surface area (Å²) in [5.74, 6) is 4.56. The Morgan fingerprint density at radius 3 is 2.17 bits per heavy atom. The maximum absolute atomic E-state index is 6.11. The molecule has 0 saturated heterocycles. The lowest BCUT2D eigenvalue weighted by molar-refractivity contribution is -0.00303. The monoisotopic (exact) mass is 282 g/mol. The lowest BCUT2D eigenvalue weighted by atomic mass is 9.52. The number of halogens is 1. The van der Waals surface area contributed by atoms with Crippen molar-refractivity contribution in [2.75, 3.05) is 0 Å². The summed E-state index contributed by atoms with van der Waals surface area (Å²) >= 11 is 7.88. The molecule has 2 nitrogen and oxygen atoms in total. The summed E-state index contributed by atoms with van der Waals surface area (Å²) in [6.45, 7) is 1.99. The Balaban J connectivity index is 1.64. The number of hydrogen-bond acceptors (Lipinski definition) is 3. The number of nitrogens with zero attached hydrogens (tertiary/aromatic N) is 2. The van der Waals surface area contributed by atoms with E-state index in [1.165, 1.54) is 37.1 Å². The highest BCUT2D eigenvalue weighted by Crippen LogP contribution is 2.60. The molecule has 18 heavy (non-hydrogen) atoms. The molecule has 0 aromatic carbocycles. The third-order valence-electron chi connectivity index (χ3n) is 5.31. The van der Waals surface area contributed by atoms with Crippen LogP contribution in [0.3, 0.4) is 0 Å². The molecule has 4 saturated carbocycles. The maximum atomic E-state index is 6.11. The highest BCUT2D eigenvalue weighted by molar-refractivity contribution is 7.11. The topological polar surface area (TPSA) is 25.8 Å². The van der Waals surface area contributed by atoms with Crippen LogP contribution in [0.4, 0.5) is 0 Å². The van der Waals surface area contributed by atoms with Crippen LogP contribution in [0, 0.1) is 23.7 Å². The standard InChI is InChI=1S/C14H19ClN2S/c1-7(15)13-16-17-14(18-13)12-10-3-8-2-9(5-10)6-11(12)4-8/h7-12H,2-6H2,1H3. The van der Waals surface area contributed by atoms with E-state index in [0.29, 0.717) is 5.92 Å². The van der Waals surface area contributed by atoms with Gasteiger partial charge in [-0.05, 0) is 62.7 Å². The lowest BCUT2D eigenvalue weighted by Crippen LogP contribution is -2.43. The molecule has 0 N–H and O–H groups in total. The molecule has 4 fully saturated rings. The van der Waals surface area contributed by atoms with Crippen molar-refractivity contribution in [3.63, 3.8) is 0 Å². The van der Waals surface area contributed by atoms with Crippen molar-refractivity contribution in [3.05, 3.63) is 10.0 Å². The fraction of sp³-hybridized carbons (Fsp3) is 0.857. The van der Waals surface area contributed by atoms with Crippen molar-refractivity contribution < 1.29 is 0 Å². The van der Waals surface area contributed by atoms with Crippen LogP contribution in [-0.4, -0.2) is 10.2 Å². The van der Waals surface area contributed by atoms with E-state index in [9.17, 15) is 0 Å². The predicted molar refractivity (Wildman–Crippen MR) is 74.0 cm³/mol. The smallest absolute Gasteiger partial charge is 0.135 e. The van der Waals surface area contributed by atoms with E-state index in [2.05, 4.69) is 10.2 Å². The van der Waals surface area contributed by atoms with Gasteiger partial charge in [-0.25, -0.2) is 0 Å². The molecule has 0 spiro atoms. The first-order valence-corrected chi connectivity index (χ1v) is 8.43. The van der Waals surface area contributed by atoms with Crippen LogP contribution in [0.15, 0.2) is 0 Å². The van der Waals surface area contributed by atoms with E-state index in [4.69, 9.17) is 11.6 Å². The fourth-order valence-corrected chi connectivity index (χ4v) is 6.11. The van der Waals surface area contributed by atoms with Crippen LogP contribution in [0.1, 0.15) is 60.3 Å². The average Bonchev–Trinajstić information content (AvgIpc) is 2.77. The van der Waals surface area contributed by atoms with Gasteiger partial charge in [-0.1, -0.05) is 11.3 Å². The molecule has 1 aromatic rings. The van der Waals surface area contributed by atoms with Crippen LogP contribution >= 0.6 is 22.9 Å². The van der Waals surface area contributed by atoms with Crippen LogP contribution in [0.25, 0.3) is 0 Å². The first kappa shape index (κ1) is 11.7. The van der Waals surface area contributed by atoms with Gasteiger partial charge in [0.15, 0.2) is 0 Å². The Bertz CT molecular complexity index is 428. The molecule has 1 unspecified atom stereocenters. The Morgan fingerprint density at radius 1 is 1.06 bits per heavy atom. The zero-order valence-corrected chi connectivity index (χ0v) is 12.3. The summed E-state index contributed by atoms with van der Waals surface area (Å²) in [5.41, 5.74) is 0. The first-order chi connectivity index (χ1) is 8.70. The van der Waals surface area contributed by atoms with Gasteiger partial charge in [-0.2, -0.15) is 0 Å². The zero-order valence-electron chi connectivity index (χ0n) is 10.7. The summed E-state index contributed by atoms with van der Waals surface area (Å²) < 4.78 is 0. The van der Waals surface area contributed by atoms with Crippen molar-refractivity contribution in [2.45, 2.75) is 50.3 Å². The summed E-state index contributed by atoms with van der Waals surface area (Å²) in [6.07, 6.45) is 7.30. The molecule has 5 rings (SSSR count). The van der Waals surface area contributed by atoms with Gasteiger partial charge in [0.1, 0.15) is 10.0 Å². The van der Waals surface area contributed by atoms with Gasteiger partial charge >= 0.3 is 0 Å². The van der Waals surface area contributed by atoms with Crippen molar-refractivity contribution in [1.29, 1.82) is 0 Å². The summed E-state index contributed by atoms with van der Waals surface area (Å²) in [6, 6.07) is 0. The van der Waals surface area contributed by atoms with E-state index < -0.39 is 0 Å². The van der Waals surface area contributed by atoms with E-state index in [1.807, 2.05) is 6.92 Å². The predicted octanol–water partition coefficient (Wildman–Crippen LogP) is 4.38. The van der Waals surface area contributed by atoms with E-state index >= 15 is 0 Å². The molecule has 1 aromatic heterocycles. The van der Waals surface area contributed by atoms with Gasteiger partial charge in [-0.15, -0.1) is 21.8 Å². The van der Waals surface area contributed by atoms with Gasteiger partial charge in [0, 0.05) is 5.92 Å². The highest BCUT2D eigenvalue weighted by atomic mass is 35.5. The molecular weight excluding hydrogens is 264 g/mol. The zero-order chi connectivity index (χ0) is 12.3. The molecule has 4 aliphatic rings. The molecule has 4 aliphatic carbocycles. The second-order valence-electron chi connectivity index (χ2n) is 6.55. The molecule has 1 heterocycles. The third kappa shape index (κ3) is 1.74. The van der Waals surface area contributed by atoms with Crippen molar-refractivity contribution in [3.8, 4) is 0 Å². The Labute approximate surface area is 117 Å². The number of rotatable bonds is 2. The molecule has 0 amide bonds. The normalized spacial score (nSPS) is 43.3. The lowest BCUT2D eigenvalue weighted by Gasteiger charge is -2.53. The van der Waals surface area contributed by atoms with E-state index in [1.54, 1.807) is 11.3 Å². The average molecular weight is 283 g/mol. The third-order valence-corrected chi connectivity index (χ3v) is 6.85. The number of alkyl halides is 1. The Morgan fingerprint density at radius 2 is 1.67 bits per heavy atom. The maximum Gasteiger partial charge on any atom is 0.135 e. The first-order valence-electron chi connectivity index (χ1n) is 7.18. The summed E-state index contributed by atoms with van der Waals surface area (Å²) in [7, 11) is 0. The summed E-state index contributed by atoms with van der Waals surface area (Å²) in [4.78, 5) is 0. The van der Waals surface area contributed by atoms with Gasteiger partial charge in [0.2, 0.25) is 0 Å². The minimum atomic E-state index is 0.00749. The van der Waals surface area contributed by atoms with E-state index in [-0.39, 0.29) is 5.38 Å². The molecule has 98 valence electrons. The number of aromatic nitrogens is 2. The van der Waals surface area contributed by atoms with E-state index in [0.717, 1.165) is 28.7 Å². The minimum Gasteiger partial charge on any atom is -0.143 e. The van der Waals surface area contributed by atoms with Gasteiger partial charge in [-0.3, -0.25) is 0 Å². The minimum absolute atomic E-state index is 0.00749. The second kappa shape index (κ2) is 4.17. The number of hydrogen-bond donors (Lipinski definition) is 0.